The Morgan fingerprint density at radius 2 is 1.74 bits per heavy atom. The van der Waals surface area contributed by atoms with Gasteiger partial charge in [-0.1, -0.05) is 42.5 Å². The predicted octanol–water partition coefficient (Wildman–Crippen LogP) is 4.21. The number of likely N-dealkylation sites (tertiary alicyclic amines) is 1. The van der Waals surface area contributed by atoms with E-state index in [1.807, 2.05) is 42.5 Å². The molecule has 7 nitrogen and oxygen atoms in total. The van der Waals surface area contributed by atoms with Crippen LogP contribution in [0.15, 0.2) is 66.2 Å². The lowest BCUT2D eigenvalue weighted by molar-refractivity contribution is -0.140. The average Bonchev–Trinajstić information content (AvgIpc) is 3.50. The summed E-state index contributed by atoms with van der Waals surface area (Å²) in [6, 6.07) is 18.0. The minimum absolute atomic E-state index is 0.0704. The number of ether oxygens (including phenoxy) is 3. The van der Waals surface area contributed by atoms with Gasteiger partial charge in [-0.05, 0) is 47.4 Å². The minimum Gasteiger partial charge on any atom is -0.507 e. The molecule has 35 heavy (non-hydrogen) atoms. The first kappa shape index (κ1) is 21.7. The second-order valence-corrected chi connectivity index (χ2v) is 9.01. The van der Waals surface area contributed by atoms with Crippen LogP contribution in [0.1, 0.15) is 30.0 Å². The van der Waals surface area contributed by atoms with Crippen molar-refractivity contribution in [1.29, 1.82) is 0 Å². The summed E-state index contributed by atoms with van der Waals surface area (Å²) in [6.45, 7) is 1.79. The Kier molecular flexibility index (Phi) is 5.41. The number of ketones is 1. The lowest BCUT2D eigenvalue weighted by Gasteiger charge is -2.28. The number of nitrogens with zero attached hydrogens (tertiary/aromatic N) is 1. The second-order valence-electron chi connectivity index (χ2n) is 9.01. The molecular formula is C28H25NO6. The molecule has 0 spiro atoms. The highest BCUT2D eigenvalue weighted by molar-refractivity contribution is 6.46. The quantitative estimate of drug-likeness (QED) is 0.349. The SMILES string of the molecule is O=C1C(=O)N(CC2CCCO2)C(c2cccc3ccccc23)/C1=C(/O)c1ccc2c(c1)OCCO2. The molecule has 0 bridgehead atoms. The number of amides is 1. The fourth-order valence-corrected chi connectivity index (χ4v) is 5.23. The highest BCUT2D eigenvalue weighted by Gasteiger charge is 2.47. The zero-order valence-electron chi connectivity index (χ0n) is 19.1. The topological polar surface area (TPSA) is 85.3 Å². The fourth-order valence-electron chi connectivity index (χ4n) is 5.23. The van der Waals surface area contributed by atoms with Gasteiger partial charge in [0, 0.05) is 18.7 Å². The summed E-state index contributed by atoms with van der Waals surface area (Å²) in [4.78, 5) is 28.3. The molecule has 2 atom stereocenters. The maximum absolute atomic E-state index is 13.4. The van der Waals surface area contributed by atoms with E-state index < -0.39 is 17.7 Å². The summed E-state index contributed by atoms with van der Waals surface area (Å²) < 4.78 is 17.1. The van der Waals surface area contributed by atoms with Gasteiger partial charge in [-0.15, -0.1) is 0 Å². The largest absolute Gasteiger partial charge is 0.507 e. The van der Waals surface area contributed by atoms with Gasteiger partial charge < -0.3 is 24.2 Å². The molecule has 3 aromatic rings. The van der Waals surface area contributed by atoms with Crippen molar-refractivity contribution in [3.8, 4) is 11.5 Å². The Hall–Kier alpha value is -3.84. The fraction of sp³-hybridized carbons (Fsp3) is 0.286. The molecule has 3 aromatic carbocycles. The maximum atomic E-state index is 13.4. The number of rotatable bonds is 4. The van der Waals surface area contributed by atoms with Crippen LogP contribution in [0.2, 0.25) is 0 Å². The number of benzene rings is 3. The van der Waals surface area contributed by atoms with Gasteiger partial charge in [0.2, 0.25) is 0 Å². The van der Waals surface area contributed by atoms with Crippen LogP contribution in [-0.2, 0) is 14.3 Å². The van der Waals surface area contributed by atoms with Crippen LogP contribution >= 0.6 is 0 Å². The van der Waals surface area contributed by atoms with Crippen LogP contribution in [0.3, 0.4) is 0 Å². The molecule has 3 aliphatic heterocycles. The Balaban J connectivity index is 1.52. The molecule has 0 aliphatic carbocycles. The molecule has 3 aliphatic rings. The number of aliphatic hydroxyl groups is 1. The lowest BCUT2D eigenvalue weighted by atomic mass is 9.91. The van der Waals surface area contributed by atoms with E-state index in [1.54, 1.807) is 23.1 Å². The summed E-state index contributed by atoms with van der Waals surface area (Å²) in [5.74, 6) is -0.480. The molecular weight excluding hydrogens is 446 g/mol. The van der Waals surface area contributed by atoms with Crippen molar-refractivity contribution in [2.24, 2.45) is 0 Å². The number of fused-ring (bicyclic) bond motifs is 2. The molecule has 0 radical (unpaired) electrons. The van der Waals surface area contributed by atoms with Gasteiger partial charge in [0.1, 0.15) is 19.0 Å². The number of carbonyl (C=O) groups excluding carboxylic acids is 2. The summed E-state index contributed by atoms with van der Waals surface area (Å²) in [7, 11) is 0. The third-order valence-electron chi connectivity index (χ3n) is 6.90. The van der Waals surface area contributed by atoms with Gasteiger partial charge in [-0.3, -0.25) is 9.59 Å². The third kappa shape index (κ3) is 3.72. The molecule has 2 unspecified atom stereocenters. The van der Waals surface area contributed by atoms with Gasteiger partial charge in [-0.25, -0.2) is 0 Å². The molecule has 3 heterocycles. The van der Waals surface area contributed by atoms with Gasteiger partial charge in [0.05, 0.1) is 17.7 Å². The number of hydrogen-bond acceptors (Lipinski definition) is 6. The highest BCUT2D eigenvalue weighted by Crippen LogP contribution is 2.43. The number of carbonyl (C=O) groups is 2. The average molecular weight is 472 g/mol. The Morgan fingerprint density at radius 3 is 2.57 bits per heavy atom. The van der Waals surface area contributed by atoms with Crippen molar-refractivity contribution in [1.82, 2.24) is 4.90 Å². The Labute approximate surface area is 202 Å². The van der Waals surface area contributed by atoms with E-state index in [0.29, 0.717) is 36.9 Å². The Bertz CT molecular complexity index is 1350. The standard InChI is InChI=1S/C28H25NO6/c30-26(18-10-11-22-23(15-18)35-14-13-34-22)24-25(21-9-3-6-17-5-1-2-8-20(17)21)29(28(32)27(24)31)16-19-7-4-12-33-19/h1-3,5-6,8-11,15,19,25,30H,4,7,12-14,16H2/b26-24-. The minimum atomic E-state index is -0.737. The van der Waals surface area contributed by atoms with Crippen LogP contribution in [0, 0.1) is 0 Å². The molecule has 2 fully saturated rings. The predicted molar refractivity (Wildman–Crippen MR) is 129 cm³/mol. The van der Waals surface area contributed by atoms with E-state index in [1.165, 1.54) is 0 Å². The Morgan fingerprint density at radius 1 is 0.943 bits per heavy atom. The summed E-state index contributed by atoms with van der Waals surface area (Å²) in [6.07, 6.45) is 1.61. The van der Waals surface area contributed by atoms with Crippen LogP contribution in [0.5, 0.6) is 11.5 Å². The van der Waals surface area contributed by atoms with Gasteiger partial charge in [-0.2, -0.15) is 0 Å². The van der Waals surface area contributed by atoms with Crippen LogP contribution in [-0.4, -0.2) is 54.2 Å². The highest BCUT2D eigenvalue weighted by atomic mass is 16.6. The van der Waals surface area contributed by atoms with E-state index in [4.69, 9.17) is 14.2 Å². The van der Waals surface area contributed by atoms with E-state index in [-0.39, 0.29) is 24.0 Å². The van der Waals surface area contributed by atoms with Crippen molar-refractivity contribution in [3.05, 3.63) is 77.4 Å². The van der Waals surface area contributed by atoms with Gasteiger partial charge in [0.15, 0.2) is 11.5 Å². The molecule has 6 rings (SSSR count). The van der Waals surface area contributed by atoms with E-state index in [2.05, 4.69) is 0 Å². The summed E-state index contributed by atoms with van der Waals surface area (Å²) in [5.41, 5.74) is 1.26. The summed E-state index contributed by atoms with van der Waals surface area (Å²) >= 11 is 0. The molecule has 1 amide bonds. The monoisotopic (exact) mass is 471 g/mol. The van der Waals surface area contributed by atoms with Crippen molar-refractivity contribution in [3.63, 3.8) is 0 Å². The van der Waals surface area contributed by atoms with Gasteiger partial charge in [0.25, 0.3) is 11.7 Å². The number of hydrogen-bond donors (Lipinski definition) is 1. The molecule has 0 aromatic heterocycles. The van der Waals surface area contributed by atoms with Crippen molar-refractivity contribution >= 4 is 28.2 Å². The van der Waals surface area contributed by atoms with E-state index in [0.717, 1.165) is 29.2 Å². The van der Waals surface area contributed by atoms with Crippen LogP contribution in [0.4, 0.5) is 0 Å². The molecule has 178 valence electrons. The molecule has 1 N–H and O–H groups in total. The zero-order chi connectivity index (χ0) is 23.9. The smallest absolute Gasteiger partial charge is 0.295 e. The van der Waals surface area contributed by atoms with Crippen molar-refractivity contribution < 1.29 is 28.9 Å². The van der Waals surface area contributed by atoms with Gasteiger partial charge >= 0.3 is 0 Å². The third-order valence-corrected chi connectivity index (χ3v) is 6.90. The number of aliphatic hydroxyl groups excluding tert-OH is 1. The van der Waals surface area contributed by atoms with Crippen LogP contribution < -0.4 is 9.47 Å². The zero-order valence-corrected chi connectivity index (χ0v) is 19.1. The normalized spacial score (nSPS) is 23.3. The first-order valence-electron chi connectivity index (χ1n) is 11.9. The van der Waals surface area contributed by atoms with E-state index >= 15 is 0 Å². The lowest BCUT2D eigenvalue weighted by Crippen LogP contribution is -2.36. The number of Topliss-reactive ketones (excluding diaryl/α,β-unsaturated/α-hetero) is 1. The summed E-state index contributed by atoms with van der Waals surface area (Å²) in [5, 5.41) is 13.4. The first-order valence-corrected chi connectivity index (χ1v) is 11.9. The first-order chi connectivity index (χ1) is 17.1. The molecule has 0 saturated carbocycles. The molecule has 2 saturated heterocycles. The van der Waals surface area contributed by atoms with E-state index in [9.17, 15) is 14.7 Å². The van der Waals surface area contributed by atoms with Crippen molar-refractivity contribution in [2.45, 2.75) is 25.0 Å². The van der Waals surface area contributed by atoms with Crippen LogP contribution in [0.25, 0.3) is 16.5 Å². The second kappa shape index (κ2) is 8.74. The maximum Gasteiger partial charge on any atom is 0.295 e. The van der Waals surface area contributed by atoms with Crippen molar-refractivity contribution in [2.75, 3.05) is 26.4 Å². The molecule has 7 heteroatoms.